The largest absolute Gasteiger partial charge is 0.319 e. The molecule has 0 spiro atoms. The molecule has 0 amide bonds. The molecule has 1 unspecified atom stereocenters. The molecule has 0 bridgehead atoms. The molecule has 0 radical (unpaired) electrons. The van der Waals surface area contributed by atoms with E-state index in [1.165, 1.54) is 70.8 Å². The first-order valence-corrected chi connectivity index (χ1v) is 8.35. The van der Waals surface area contributed by atoms with Crippen LogP contribution in [0.4, 0.5) is 0 Å². The maximum Gasteiger partial charge on any atom is -0.00234 e. The van der Waals surface area contributed by atoms with Gasteiger partial charge < -0.3 is 5.32 Å². The molecular weight excluding hydrogens is 218 g/mol. The summed E-state index contributed by atoms with van der Waals surface area (Å²) in [5.74, 6) is 1.74. The molecule has 18 heavy (non-hydrogen) atoms. The van der Waals surface area contributed by atoms with E-state index in [1.54, 1.807) is 0 Å². The van der Waals surface area contributed by atoms with Crippen molar-refractivity contribution in [3.63, 3.8) is 0 Å². The monoisotopic (exact) mass is 255 g/mol. The number of hydrogen-bond donors (Lipinski definition) is 1. The smallest absolute Gasteiger partial charge is 0.00234 e. The van der Waals surface area contributed by atoms with Crippen molar-refractivity contribution in [2.75, 3.05) is 13.6 Å². The Morgan fingerprint density at radius 1 is 0.833 bits per heavy atom. The third kappa shape index (κ3) is 12.4. The average molecular weight is 255 g/mol. The maximum absolute atomic E-state index is 3.35. The van der Waals surface area contributed by atoms with Gasteiger partial charge in [0, 0.05) is 0 Å². The molecule has 0 aliphatic rings. The van der Waals surface area contributed by atoms with Gasteiger partial charge in [-0.2, -0.15) is 0 Å². The van der Waals surface area contributed by atoms with Crippen LogP contribution in [0.25, 0.3) is 0 Å². The lowest BCUT2D eigenvalue weighted by Gasteiger charge is -2.18. The predicted molar refractivity (Wildman–Crippen MR) is 84.1 cm³/mol. The SMILES string of the molecule is CCCCCCCCCCC(CNC)CC(C)C. The summed E-state index contributed by atoms with van der Waals surface area (Å²) in [6, 6.07) is 0. The van der Waals surface area contributed by atoms with E-state index in [-0.39, 0.29) is 0 Å². The van der Waals surface area contributed by atoms with E-state index in [1.807, 2.05) is 0 Å². The minimum atomic E-state index is 0.845. The Kier molecular flexibility index (Phi) is 13.4. The highest BCUT2D eigenvalue weighted by atomic mass is 14.8. The Morgan fingerprint density at radius 3 is 1.89 bits per heavy atom. The van der Waals surface area contributed by atoms with E-state index in [0.717, 1.165) is 11.8 Å². The Balaban J connectivity index is 3.37. The Morgan fingerprint density at radius 2 is 1.39 bits per heavy atom. The van der Waals surface area contributed by atoms with Gasteiger partial charge in [-0.3, -0.25) is 0 Å². The van der Waals surface area contributed by atoms with E-state index in [2.05, 4.69) is 33.1 Å². The molecule has 1 nitrogen and oxygen atoms in total. The molecule has 0 aliphatic heterocycles. The fraction of sp³-hybridized carbons (Fsp3) is 1.00. The van der Waals surface area contributed by atoms with Crippen molar-refractivity contribution in [3.05, 3.63) is 0 Å². The minimum absolute atomic E-state index is 0.845. The van der Waals surface area contributed by atoms with Crippen molar-refractivity contribution < 1.29 is 0 Å². The Hall–Kier alpha value is -0.0400. The fourth-order valence-corrected chi connectivity index (χ4v) is 2.83. The van der Waals surface area contributed by atoms with Crippen molar-refractivity contribution in [1.82, 2.24) is 5.32 Å². The third-order valence-electron chi connectivity index (χ3n) is 3.76. The van der Waals surface area contributed by atoms with E-state index in [4.69, 9.17) is 0 Å². The van der Waals surface area contributed by atoms with Crippen molar-refractivity contribution in [3.8, 4) is 0 Å². The lowest BCUT2D eigenvalue weighted by molar-refractivity contribution is 0.361. The molecule has 1 N–H and O–H groups in total. The van der Waals surface area contributed by atoms with Gasteiger partial charge in [0.15, 0.2) is 0 Å². The second-order valence-corrected chi connectivity index (χ2v) is 6.32. The lowest BCUT2D eigenvalue weighted by Crippen LogP contribution is -2.20. The molecule has 1 atom stereocenters. The summed E-state index contributed by atoms with van der Waals surface area (Å²) in [5, 5.41) is 3.35. The predicted octanol–water partition coefficient (Wildman–Crippen LogP) is 5.40. The third-order valence-corrected chi connectivity index (χ3v) is 3.76. The number of unbranched alkanes of at least 4 members (excludes halogenated alkanes) is 7. The highest BCUT2D eigenvalue weighted by Gasteiger charge is 2.09. The first-order chi connectivity index (χ1) is 8.70. The second-order valence-electron chi connectivity index (χ2n) is 6.32. The summed E-state index contributed by atoms with van der Waals surface area (Å²) in [4.78, 5) is 0. The van der Waals surface area contributed by atoms with E-state index < -0.39 is 0 Å². The van der Waals surface area contributed by atoms with Crippen LogP contribution in [-0.2, 0) is 0 Å². The zero-order chi connectivity index (χ0) is 13.6. The summed E-state index contributed by atoms with van der Waals surface area (Å²) < 4.78 is 0. The normalized spacial score (nSPS) is 13.2. The molecule has 0 aromatic carbocycles. The molecule has 0 aromatic rings. The molecule has 0 rings (SSSR count). The molecule has 0 heterocycles. The first-order valence-electron chi connectivity index (χ1n) is 8.35. The maximum atomic E-state index is 3.35. The standard InChI is InChI=1S/C17H37N/c1-5-6-7-8-9-10-11-12-13-17(15-18-4)14-16(2)3/h16-18H,5-15H2,1-4H3. The summed E-state index contributed by atoms with van der Waals surface area (Å²) >= 11 is 0. The molecular formula is C17H37N. The van der Waals surface area contributed by atoms with Crippen LogP contribution in [-0.4, -0.2) is 13.6 Å². The number of nitrogens with one attached hydrogen (secondary N) is 1. The quantitative estimate of drug-likeness (QED) is 0.435. The Bertz CT molecular complexity index is 154. The number of rotatable bonds is 13. The van der Waals surface area contributed by atoms with Gasteiger partial charge in [-0.05, 0) is 38.3 Å². The molecule has 110 valence electrons. The summed E-state index contributed by atoms with van der Waals surface area (Å²) in [5.41, 5.74) is 0. The van der Waals surface area contributed by atoms with Crippen LogP contribution in [0, 0.1) is 11.8 Å². The molecule has 0 aromatic heterocycles. The van der Waals surface area contributed by atoms with Crippen LogP contribution in [0.3, 0.4) is 0 Å². The van der Waals surface area contributed by atoms with Gasteiger partial charge in [0.05, 0.1) is 0 Å². The van der Waals surface area contributed by atoms with Gasteiger partial charge >= 0.3 is 0 Å². The zero-order valence-corrected chi connectivity index (χ0v) is 13.4. The second kappa shape index (κ2) is 13.4. The van der Waals surface area contributed by atoms with Crippen LogP contribution in [0.2, 0.25) is 0 Å². The van der Waals surface area contributed by atoms with Gasteiger partial charge in [-0.1, -0.05) is 72.1 Å². The summed E-state index contributed by atoms with van der Waals surface area (Å²) in [6.07, 6.45) is 14.3. The van der Waals surface area contributed by atoms with Gasteiger partial charge in [0.25, 0.3) is 0 Å². The fourth-order valence-electron chi connectivity index (χ4n) is 2.83. The van der Waals surface area contributed by atoms with Crippen LogP contribution >= 0.6 is 0 Å². The van der Waals surface area contributed by atoms with Gasteiger partial charge in [-0.25, -0.2) is 0 Å². The summed E-state index contributed by atoms with van der Waals surface area (Å²) in [6.45, 7) is 8.18. The molecule has 1 heteroatoms. The van der Waals surface area contributed by atoms with Crippen molar-refractivity contribution >= 4 is 0 Å². The van der Waals surface area contributed by atoms with Crippen molar-refractivity contribution in [2.45, 2.75) is 85.0 Å². The molecule has 0 saturated heterocycles. The van der Waals surface area contributed by atoms with Crippen molar-refractivity contribution in [2.24, 2.45) is 11.8 Å². The topological polar surface area (TPSA) is 12.0 Å². The van der Waals surface area contributed by atoms with Crippen LogP contribution in [0.5, 0.6) is 0 Å². The van der Waals surface area contributed by atoms with Gasteiger partial charge in [0.2, 0.25) is 0 Å². The van der Waals surface area contributed by atoms with E-state index in [0.29, 0.717) is 0 Å². The molecule has 0 saturated carbocycles. The zero-order valence-electron chi connectivity index (χ0n) is 13.4. The number of hydrogen-bond acceptors (Lipinski definition) is 1. The highest BCUT2D eigenvalue weighted by Crippen LogP contribution is 2.19. The minimum Gasteiger partial charge on any atom is -0.319 e. The van der Waals surface area contributed by atoms with E-state index in [9.17, 15) is 0 Å². The van der Waals surface area contributed by atoms with Crippen LogP contribution in [0.1, 0.15) is 85.0 Å². The average Bonchev–Trinajstić information content (AvgIpc) is 2.32. The molecule has 0 aliphatic carbocycles. The van der Waals surface area contributed by atoms with Gasteiger partial charge in [0.1, 0.15) is 0 Å². The van der Waals surface area contributed by atoms with Crippen molar-refractivity contribution in [1.29, 1.82) is 0 Å². The van der Waals surface area contributed by atoms with E-state index >= 15 is 0 Å². The Labute approximate surface area is 116 Å². The highest BCUT2D eigenvalue weighted by molar-refractivity contribution is 4.64. The molecule has 0 fully saturated rings. The van der Waals surface area contributed by atoms with Gasteiger partial charge in [-0.15, -0.1) is 0 Å². The van der Waals surface area contributed by atoms with Crippen LogP contribution in [0.15, 0.2) is 0 Å². The van der Waals surface area contributed by atoms with Crippen LogP contribution < -0.4 is 5.32 Å². The summed E-state index contributed by atoms with van der Waals surface area (Å²) in [7, 11) is 2.08. The first kappa shape index (κ1) is 18.0. The lowest BCUT2D eigenvalue weighted by atomic mass is 9.91.